The molecule has 0 bridgehead atoms. The number of aliphatic hydroxyl groups is 1. The second-order valence-electron chi connectivity index (χ2n) is 7.88. The maximum atomic E-state index is 12.7. The molecule has 1 amide bonds. The van der Waals surface area contributed by atoms with E-state index in [1.807, 2.05) is 0 Å². The third-order valence-electron chi connectivity index (χ3n) is 5.95. The van der Waals surface area contributed by atoms with Gasteiger partial charge < -0.3 is 19.9 Å². The molecule has 2 saturated heterocycles. The van der Waals surface area contributed by atoms with Gasteiger partial charge in [0, 0.05) is 51.0 Å². The van der Waals surface area contributed by atoms with Gasteiger partial charge in [0.25, 0.3) is 5.56 Å². The molecule has 1 aromatic heterocycles. The number of H-pyrrole nitrogens is 1. The van der Waals surface area contributed by atoms with Crippen molar-refractivity contribution < 1.29 is 9.90 Å². The molecule has 27 heavy (non-hydrogen) atoms. The molecule has 0 aliphatic carbocycles. The summed E-state index contributed by atoms with van der Waals surface area (Å²) >= 11 is 0. The first-order valence-corrected chi connectivity index (χ1v) is 9.88. The van der Waals surface area contributed by atoms with Crippen LogP contribution in [0.1, 0.15) is 31.2 Å². The Balaban J connectivity index is 1.63. The Labute approximate surface area is 158 Å². The van der Waals surface area contributed by atoms with Gasteiger partial charge in [-0.1, -0.05) is 12.8 Å². The van der Waals surface area contributed by atoms with Crippen LogP contribution in [0.3, 0.4) is 0 Å². The zero-order valence-electron chi connectivity index (χ0n) is 16.0. The summed E-state index contributed by atoms with van der Waals surface area (Å²) in [6, 6.07) is 0. The number of hydrogen-bond donors (Lipinski definition) is 2. The van der Waals surface area contributed by atoms with Crippen molar-refractivity contribution in [2.45, 2.75) is 32.1 Å². The average molecular weight is 378 g/mol. The van der Waals surface area contributed by atoms with Gasteiger partial charge in [0.1, 0.15) is 0 Å². The second-order valence-corrected chi connectivity index (χ2v) is 7.88. The summed E-state index contributed by atoms with van der Waals surface area (Å²) in [5.74, 6) is 0.210. The van der Waals surface area contributed by atoms with Crippen LogP contribution in [0, 0.1) is 11.8 Å². The van der Waals surface area contributed by atoms with Gasteiger partial charge in [-0.05, 0) is 31.8 Å². The number of carbonyl (C=O) groups is 1. The van der Waals surface area contributed by atoms with E-state index in [2.05, 4.69) is 9.88 Å². The fraction of sp³-hybridized carbons (Fsp3) is 0.737. The van der Waals surface area contributed by atoms with E-state index < -0.39 is 11.2 Å². The van der Waals surface area contributed by atoms with Crippen LogP contribution in [0.15, 0.2) is 15.8 Å². The minimum Gasteiger partial charge on any atom is -0.396 e. The van der Waals surface area contributed by atoms with E-state index in [1.54, 1.807) is 4.90 Å². The minimum absolute atomic E-state index is 0.0297. The molecule has 8 heteroatoms. The van der Waals surface area contributed by atoms with Crippen LogP contribution in [-0.4, -0.2) is 69.7 Å². The minimum atomic E-state index is -0.491. The van der Waals surface area contributed by atoms with E-state index in [4.69, 9.17) is 0 Å². The summed E-state index contributed by atoms with van der Waals surface area (Å²) in [5, 5.41) is 9.77. The third kappa shape index (κ3) is 4.68. The molecule has 8 nitrogen and oxygen atoms in total. The molecule has 0 aromatic carbocycles. The van der Waals surface area contributed by atoms with Gasteiger partial charge >= 0.3 is 5.69 Å². The summed E-state index contributed by atoms with van der Waals surface area (Å²) in [5.41, 5.74) is -0.639. The van der Waals surface area contributed by atoms with Gasteiger partial charge in [0.15, 0.2) is 0 Å². The molecule has 3 heterocycles. The van der Waals surface area contributed by atoms with Crippen molar-refractivity contribution in [1.82, 2.24) is 19.4 Å². The smallest absolute Gasteiger partial charge is 0.328 e. The van der Waals surface area contributed by atoms with E-state index in [1.165, 1.54) is 38.9 Å². The van der Waals surface area contributed by atoms with Crippen LogP contribution in [0.2, 0.25) is 0 Å². The number of aliphatic hydroxyl groups excluding tert-OH is 1. The number of likely N-dealkylation sites (tertiary alicyclic amines) is 2. The number of amides is 1. The average Bonchev–Trinajstić information content (AvgIpc) is 2.89. The first kappa shape index (κ1) is 19.8. The van der Waals surface area contributed by atoms with E-state index >= 15 is 0 Å². The van der Waals surface area contributed by atoms with Gasteiger partial charge in [0.2, 0.25) is 5.91 Å². The Kier molecular flexibility index (Phi) is 6.49. The van der Waals surface area contributed by atoms with Crippen molar-refractivity contribution in [2.75, 3.05) is 39.3 Å². The number of carbonyl (C=O) groups excluding carboxylic acids is 1. The summed E-state index contributed by atoms with van der Waals surface area (Å²) < 4.78 is 0.977. The molecule has 0 spiro atoms. The highest BCUT2D eigenvalue weighted by molar-refractivity contribution is 5.78. The molecular weight excluding hydrogens is 348 g/mol. The lowest BCUT2D eigenvalue weighted by Crippen LogP contribution is -2.38. The number of hydrogen-bond acceptors (Lipinski definition) is 5. The Morgan fingerprint density at radius 3 is 2.48 bits per heavy atom. The van der Waals surface area contributed by atoms with Crippen LogP contribution < -0.4 is 11.2 Å². The van der Waals surface area contributed by atoms with Crippen molar-refractivity contribution in [3.8, 4) is 0 Å². The lowest BCUT2D eigenvalue weighted by atomic mass is 9.96. The highest BCUT2D eigenvalue weighted by Crippen LogP contribution is 2.25. The second kappa shape index (κ2) is 8.84. The zero-order valence-corrected chi connectivity index (χ0v) is 16.0. The fourth-order valence-corrected chi connectivity index (χ4v) is 4.22. The molecule has 2 N–H and O–H groups in total. The highest BCUT2D eigenvalue weighted by atomic mass is 16.3. The molecule has 1 aromatic rings. The number of nitrogens with zero attached hydrogens (tertiary/aromatic N) is 3. The first-order chi connectivity index (χ1) is 13.0. The van der Waals surface area contributed by atoms with E-state index in [-0.39, 0.29) is 30.8 Å². The standard InChI is InChI=1S/C19H30N4O4/c1-21-18(26)14(9-20-19(21)27)8-17(25)23-11-15(16(12-23)13-24)10-22-6-4-2-3-5-7-22/h9,15-16,24H,2-8,10-13H2,1H3,(H,20,27)/t15-,16-/m1/s1. The Hall–Kier alpha value is -1.93. The summed E-state index contributed by atoms with van der Waals surface area (Å²) in [4.78, 5) is 43.0. The quantitative estimate of drug-likeness (QED) is 0.724. The van der Waals surface area contributed by atoms with Crippen LogP contribution >= 0.6 is 0 Å². The van der Waals surface area contributed by atoms with Crippen LogP contribution in [-0.2, 0) is 18.3 Å². The van der Waals surface area contributed by atoms with Crippen molar-refractivity contribution in [2.24, 2.45) is 18.9 Å². The van der Waals surface area contributed by atoms with Crippen molar-refractivity contribution in [3.05, 3.63) is 32.6 Å². The van der Waals surface area contributed by atoms with E-state index in [0.717, 1.165) is 24.2 Å². The summed E-state index contributed by atoms with van der Waals surface area (Å²) in [7, 11) is 1.39. The number of aromatic nitrogens is 2. The Morgan fingerprint density at radius 1 is 1.15 bits per heavy atom. The summed E-state index contributed by atoms with van der Waals surface area (Å²) in [6.45, 7) is 4.31. The van der Waals surface area contributed by atoms with Crippen molar-refractivity contribution in [3.63, 3.8) is 0 Å². The number of rotatable bonds is 5. The molecule has 2 aliphatic heterocycles. The molecular formula is C19H30N4O4. The van der Waals surface area contributed by atoms with Gasteiger partial charge in [-0.2, -0.15) is 0 Å². The summed E-state index contributed by atoms with van der Waals surface area (Å²) in [6.07, 6.45) is 6.30. The highest BCUT2D eigenvalue weighted by Gasteiger charge is 2.35. The molecule has 150 valence electrons. The van der Waals surface area contributed by atoms with Crippen LogP contribution in [0.5, 0.6) is 0 Å². The predicted molar refractivity (Wildman–Crippen MR) is 102 cm³/mol. The monoisotopic (exact) mass is 378 g/mol. The first-order valence-electron chi connectivity index (χ1n) is 9.88. The lowest BCUT2D eigenvalue weighted by Gasteiger charge is -2.26. The SMILES string of the molecule is Cn1c(=O)[nH]cc(CC(=O)N2C[C@@H](CN3CCCCCC3)[C@@H](CO)C2)c1=O. The molecule has 3 rings (SSSR count). The zero-order chi connectivity index (χ0) is 19.4. The van der Waals surface area contributed by atoms with Gasteiger partial charge in [-0.15, -0.1) is 0 Å². The molecule has 2 atom stereocenters. The third-order valence-corrected chi connectivity index (χ3v) is 5.95. The molecule has 0 radical (unpaired) electrons. The van der Waals surface area contributed by atoms with Gasteiger partial charge in [0.05, 0.1) is 6.42 Å². The Bertz CT molecular complexity index is 764. The topological polar surface area (TPSA) is 98.6 Å². The largest absolute Gasteiger partial charge is 0.396 e. The van der Waals surface area contributed by atoms with Crippen LogP contribution in [0.25, 0.3) is 0 Å². The molecule has 0 saturated carbocycles. The maximum Gasteiger partial charge on any atom is 0.328 e. The lowest BCUT2D eigenvalue weighted by molar-refractivity contribution is -0.129. The number of aromatic amines is 1. The van der Waals surface area contributed by atoms with Crippen LogP contribution in [0.4, 0.5) is 0 Å². The van der Waals surface area contributed by atoms with E-state index in [9.17, 15) is 19.5 Å². The normalized spacial score (nSPS) is 24.1. The van der Waals surface area contributed by atoms with Crippen molar-refractivity contribution in [1.29, 1.82) is 0 Å². The van der Waals surface area contributed by atoms with Crippen molar-refractivity contribution >= 4 is 5.91 Å². The maximum absolute atomic E-state index is 12.7. The number of nitrogens with one attached hydrogen (secondary N) is 1. The predicted octanol–water partition coefficient (Wildman–Crippen LogP) is -0.441. The fourth-order valence-electron chi connectivity index (χ4n) is 4.22. The van der Waals surface area contributed by atoms with Gasteiger partial charge in [-0.3, -0.25) is 14.2 Å². The molecule has 2 fully saturated rings. The molecule has 0 unspecified atom stereocenters. The van der Waals surface area contributed by atoms with E-state index in [0.29, 0.717) is 18.7 Å². The van der Waals surface area contributed by atoms with Gasteiger partial charge in [-0.25, -0.2) is 4.79 Å². The Morgan fingerprint density at radius 2 is 1.81 bits per heavy atom. The molecule has 2 aliphatic rings.